The standard InChI is InChI=1S/C22H24N4O3/c1-15(2)29-20-7-5-4-6-19(20)26-21(27)17-13-24-22(25-14-17)23-12-16-8-10-18(28-3)11-9-16/h4-11,13-15H,12H2,1-3H3,(H,26,27)(H,23,24,25). The lowest BCUT2D eigenvalue weighted by Gasteiger charge is -2.14. The fraction of sp³-hybridized carbons (Fsp3) is 0.227. The zero-order valence-electron chi connectivity index (χ0n) is 16.7. The van der Waals surface area contributed by atoms with Gasteiger partial charge in [0, 0.05) is 18.9 Å². The van der Waals surface area contributed by atoms with Gasteiger partial charge in [0.05, 0.1) is 24.5 Å². The molecule has 2 aromatic carbocycles. The monoisotopic (exact) mass is 392 g/mol. The van der Waals surface area contributed by atoms with E-state index in [1.807, 2.05) is 56.3 Å². The highest BCUT2D eigenvalue weighted by atomic mass is 16.5. The van der Waals surface area contributed by atoms with Crippen LogP contribution in [0.4, 0.5) is 11.6 Å². The van der Waals surface area contributed by atoms with Crippen LogP contribution in [0.15, 0.2) is 60.9 Å². The zero-order valence-corrected chi connectivity index (χ0v) is 16.7. The van der Waals surface area contributed by atoms with Gasteiger partial charge in [0.2, 0.25) is 5.95 Å². The average molecular weight is 392 g/mol. The lowest BCUT2D eigenvalue weighted by Crippen LogP contribution is -2.15. The minimum Gasteiger partial charge on any atom is -0.497 e. The van der Waals surface area contributed by atoms with Crippen LogP contribution in [-0.2, 0) is 6.54 Å². The van der Waals surface area contributed by atoms with Crippen LogP contribution in [0.1, 0.15) is 29.8 Å². The van der Waals surface area contributed by atoms with Gasteiger partial charge >= 0.3 is 0 Å². The Morgan fingerprint density at radius 2 is 1.72 bits per heavy atom. The minimum atomic E-state index is -0.300. The third-order valence-corrected chi connectivity index (χ3v) is 4.02. The first-order valence-electron chi connectivity index (χ1n) is 9.31. The van der Waals surface area contributed by atoms with Gasteiger partial charge in [0.15, 0.2) is 0 Å². The highest BCUT2D eigenvalue weighted by Gasteiger charge is 2.12. The van der Waals surface area contributed by atoms with Gasteiger partial charge in [-0.1, -0.05) is 24.3 Å². The smallest absolute Gasteiger partial charge is 0.258 e. The summed E-state index contributed by atoms with van der Waals surface area (Å²) < 4.78 is 10.9. The van der Waals surface area contributed by atoms with Crippen molar-refractivity contribution in [3.05, 3.63) is 72.1 Å². The van der Waals surface area contributed by atoms with Gasteiger partial charge in [-0.05, 0) is 43.7 Å². The molecule has 0 saturated heterocycles. The fourth-order valence-corrected chi connectivity index (χ4v) is 2.58. The Morgan fingerprint density at radius 1 is 1.03 bits per heavy atom. The van der Waals surface area contributed by atoms with E-state index >= 15 is 0 Å². The number of methoxy groups -OCH3 is 1. The summed E-state index contributed by atoms with van der Waals surface area (Å²) in [5.74, 6) is 1.57. The van der Waals surface area contributed by atoms with Gasteiger partial charge in [0.25, 0.3) is 5.91 Å². The van der Waals surface area contributed by atoms with Crippen molar-refractivity contribution in [3.8, 4) is 11.5 Å². The van der Waals surface area contributed by atoms with Gasteiger partial charge in [-0.25, -0.2) is 9.97 Å². The summed E-state index contributed by atoms with van der Waals surface area (Å²) in [6.07, 6.45) is 2.99. The number of amides is 1. The van der Waals surface area contributed by atoms with Crippen LogP contribution in [0.2, 0.25) is 0 Å². The molecule has 7 heteroatoms. The Labute approximate surface area is 170 Å². The molecule has 0 aliphatic rings. The molecule has 1 heterocycles. The van der Waals surface area contributed by atoms with E-state index in [9.17, 15) is 4.79 Å². The lowest BCUT2D eigenvalue weighted by atomic mass is 10.2. The molecule has 0 radical (unpaired) electrons. The lowest BCUT2D eigenvalue weighted by molar-refractivity contribution is 0.102. The van der Waals surface area contributed by atoms with E-state index in [4.69, 9.17) is 9.47 Å². The number of benzene rings is 2. The van der Waals surface area contributed by atoms with E-state index in [2.05, 4.69) is 20.6 Å². The molecule has 0 aliphatic heterocycles. The molecule has 0 unspecified atom stereocenters. The summed E-state index contributed by atoms with van der Waals surface area (Å²) in [6, 6.07) is 15.0. The first-order chi connectivity index (χ1) is 14.0. The third-order valence-electron chi connectivity index (χ3n) is 4.02. The van der Waals surface area contributed by atoms with Crippen molar-refractivity contribution >= 4 is 17.5 Å². The second-order valence-corrected chi connectivity index (χ2v) is 6.61. The first kappa shape index (κ1) is 20.1. The number of nitrogens with zero attached hydrogens (tertiary/aromatic N) is 2. The van der Waals surface area contributed by atoms with Crippen molar-refractivity contribution in [2.24, 2.45) is 0 Å². The maximum atomic E-state index is 12.5. The number of hydrogen-bond acceptors (Lipinski definition) is 6. The molecule has 0 bridgehead atoms. The van der Waals surface area contributed by atoms with Crippen molar-refractivity contribution in [1.29, 1.82) is 0 Å². The average Bonchev–Trinajstić information content (AvgIpc) is 2.74. The number of aromatic nitrogens is 2. The zero-order chi connectivity index (χ0) is 20.6. The molecule has 150 valence electrons. The van der Waals surface area contributed by atoms with Crippen molar-refractivity contribution in [1.82, 2.24) is 9.97 Å². The summed E-state index contributed by atoms with van der Waals surface area (Å²) in [5, 5.41) is 5.97. The summed E-state index contributed by atoms with van der Waals surface area (Å²) in [6.45, 7) is 4.43. The predicted octanol–water partition coefficient (Wildman–Crippen LogP) is 4.14. The van der Waals surface area contributed by atoms with Crippen molar-refractivity contribution in [3.63, 3.8) is 0 Å². The van der Waals surface area contributed by atoms with Crippen LogP contribution >= 0.6 is 0 Å². The molecule has 1 amide bonds. The van der Waals surface area contributed by atoms with E-state index in [-0.39, 0.29) is 12.0 Å². The topological polar surface area (TPSA) is 85.4 Å². The molecule has 3 aromatic rings. The third kappa shape index (κ3) is 5.68. The van der Waals surface area contributed by atoms with Gasteiger partial charge in [-0.15, -0.1) is 0 Å². The SMILES string of the molecule is COc1ccc(CNc2ncc(C(=O)Nc3ccccc3OC(C)C)cn2)cc1. The first-order valence-corrected chi connectivity index (χ1v) is 9.31. The van der Waals surface area contributed by atoms with Gasteiger partial charge in [-0.3, -0.25) is 4.79 Å². The van der Waals surface area contributed by atoms with Gasteiger partial charge < -0.3 is 20.1 Å². The second-order valence-electron chi connectivity index (χ2n) is 6.61. The minimum absolute atomic E-state index is 0.00689. The maximum absolute atomic E-state index is 12.5. The largest absolute Gasteiger partial charge is 0.497 e. The maximum Gasteiger partial charge on any atom is 0.258 e. The number of anilines is 2. The van der Waals surface area contributed by atoms with Gasteiger partial charge in [-0.2, -0.15) is 0 Å². The summed E-state index contributed by atoms with van der Waals surface area (Å²) in [7, 11) is 1.63. The number of nitrogens with one attached hydrogen (secondary N) is 2. The van der Waals surface area contributed by atoms with Crippen molar-refractivity contribution < 1.29 is 14.3 Å². The quantitative estimate of drug-likeness (QED) is 0.599. The molecular formula is C22H24N4O3. The fourth-order valence-electron chi connectivity index (χ4n) is 2.58. The van der Waals surface area contributed by atoms with Crippen LogP contribution in [-0.4, -0.2) is 29.1 Å². The predicted molar refractivity (Wildman–Crippen MR) is 113 cm³/mol. The van der Waals surface area contributed by atoms with E-state index in [0.717, 1.165) is 11.3 Å². The molecule has 29 heavy (non-hydrogen) atoms. The molecule has 3 rings (SSSR count). The van der Waals surface area contributed by atoms with Crippen LogP contribution in [0.3, 0.4) is 0 Å². The Hall–Kier alpha value is -3.61. The molecular weight excluding hydrogens is 368 g/mol. The van der Waals surface area contributed by atoms with Crippen molar-refractivity contribution in [2.75, 3.05) is 17.7 Å². The molecule has 0 atom stereocenters. The number of ether oxygens (including phenoxy) is 2. The molecule has 0 aliphatic carbocycles. The van der Waals surface area contributed by atoms with E-state index in [1.165, 1.54) is 12.4 Å². The van der Waals surface area contributed by atoms with E-state index in [1.54, 1.807) is 13.2 Å². The molecule has 0 spiro atoms. The molecule has 2 N–H and O–H groups in total. The highest BCUT2D eigenvalue weighted by molar-refractivity contribution is 6.04. The van der Waals surface area contributed by atoms with Crippen LogP contribution in [0.5, 0.6) is 11.5 Å². The number of carbonyl (C=O) groups excluding carboxylic acids is 1. The van der Waals surface area contributed by atoms with Gasteiger partial charge in [0.1, 0.15) is 11.5 Å². The Morgan fingerprint density at radius 3 is 2.38 bits per heavy atom. The Kier molecular flexibility index (Phi) is 6.63. The number of rotatable bonds is 8. The number of hydrogen-bond donors (Lipinski definition) is 2. The van der Waals surface area contributed by atoms with Crippen molar-refractivity contribution in [2.45, 2.75) is 26.5 Å². The van der Waals surface area contributed by atoms with Crippen LogP contribution in [0.25, 0.3) is 0 Å². The van der Waals surface area contributed by atoms with Crippen LogP contribution < -0.4 is 20.1 Å². The highest BCUT2D eigenvalue weighted by Crippen LogP contribution is 2.25. The van der Waals surface area contributed by atoms with Crippen LogP contribution in [0, 0.1) is 0 Å². The molecule has 1 aromatic heterocycles. The Bertz CT molecular complexity index is 941. The normalized spacial score (nSPS) is 10.5. The molecule has 0 saturated carbocycles. The molecule has 0 fully saturated rings. The number of para-hydroxylation sites is 2. The second kappa shape index (κ2) is 9.54. The van der Waals surface area contributed by atoms with E-state index in [0.29, 0.717) is 29.5 Å². The summed E-state index contributed by atoms with van der Waals surface area (Å²) >= 11 is 0. The Balaban J connectivity index is 1.60. The number of carbonyl (C=O) groups is 1. The van der Waals surface area contributed by atoms with E-state index < -0.39 is 0 Å². The summed E-state index contributed by atoms with van der Waals surface area (Å²) in [5.41, 5.74) is 2.03. The molecule has 7 nitrogen and oxygen atoms in total. The summed E-state index contributed by atoms with van der Waals surface area (Å²) in [4.78, 5) is 21.0.